The summed E-state index contributed by atoms with van der Waals surface area (Å²) in [4.78, 5) is 12.0. The first-order valence-electron chi connectivity index (χ1n) is 5.23. The van der Waals surface area contributed by atoms with Crippen molar-refractivity contribution in [1.82, 2.24) is 0 Å². The van der Waals surface area contributed by atoms with E-state index in [9.17, 15) is 4.79 Å². The number of nitrogens with zero attached hydrogens (tertiary/aromatic N) is 1. The van der Waals surface area contributed by atoms with E-state index in [2.05, 4.69) is 12.6 Å². The zero-order valence-corrected chi connectivity index (χ0v) is 10.5. The standard InChI is InChI=1S/C12H14N2O2S/c1-2-16-12(15)5-9-8(6-13)3-4-11(17)10(9)7-14/h3-4,17H,2,5-6,13H2,1H3. The van der Waals surface area contributed by atoms with Crippen LogP contribution >= 0.6 is 12.6 Å². The van der Waals surface area contributed by atoms with Crippen molar-refractivity contribution in [1.29, 1.82) is 5.26 Å². The summed E-state index contributed by atoms with van der Waals surface area (Å²) in [6.45, 7) is 2.33. The molecule has 4 nitrogen and oxygen atoms in total. The number of carbonyl (C=O) groups excluding carboxylic acids is 1. The highest BCUT2D eigenvalue weighted by atomic mass is 32.1. The van der Waals surface area contributed by atoms with Crippen LogP contribution in [0.2, 0.25) is 0 Å². The second-order valence-electron chi connectivity index (χ2n) is 3.40. The summed E-state index contributed by atoms with van der Waals surface area (Å²) in [6.07, 6.45) is 0.0532. The normalized spacial score (nSPS) is 9.76. The number of nitrogens with two attached hydrogens (primary N) is 1. The van der Waals surface area contributed by atoms with Crippen LogP contribution in [0.1, 0.15) is 23.6 Å². The van der Waals surface area contributed by atoms with Crippen molar-refractivity contribution in [2.24, 2.45) is 5.73 Å². The quantitative estimate of drug-likeness (QED) is 0.626. The van der Waals surface area contributed by atoms with Gasteiger partial charge in [-0.3, -0.25) is 4.79 Å². The molecule has 0 aromatic heterocycles. The van der Waals surface area contributed by atoms with Gasteiger partial charge in [0, 0.05) is 11.4 Å². The van der Waals surface area contributed by atoms with E-state index in [-0.39, 0.29) is 18.9 Å². The summed E-state index contributed by atoms with van der Waals surface area (Å²) in [7, 11) is 0. The molecule has 2 N–H and O–H groups in total. The van der Waals surface area contributed by atoms with Crippen LogP contribution in [0, 0.1) is 11.3 Å². The van der Waals surface area contributed by atoms with E-state index in [1.807, 2.05) is 6.07 Å². The average Bonchev–Trinajstić information content (AvgIpc) is 2.30. The second-order valence-corrected chi connectivity index (χ2v) is 3.88. The minimum Gasteiger partial charge on any atom is -0.466 e. The van der Waals surface area contributed by atoms with Gasteiger partial charge in [-0.2, -0.15) is 5.26 Å². The molecule has 0 radical (unpaired) electrons. The van der Waals surface area contributed by atoms with Gasteiger partial charge in [0.25, 0.3) is 0 Å². The fraction of sp³-hybridized carbons (Fsp3) is 0.333. The fourth-order valence-electron chi connectivity index (χ4n) is 1.55. The predicted molar refractivity (Wildman–Crippen MR) is 66.6 cm³/mol. The van der Waals surface area contributed by atoms with Gasteiger partial charge >= 0.3 is 5.97 Å². The highest BCUT2D eigenvalue weighted by Gasteiger charge is 2.15. The Balaban J connectivity index is 3.15. The lowest BCUT2D eigenvalue weighted by Crippen LogP contribution is -2.12. The van der Waals surface area contributed by atoms with Gasteiger partial charge in [0.15, 0.2) is 0 Å². The first-order valence-corrected chi connectivity index (χ1v) is 5.68. The van der Waals surface area contributed by atoms with E-state index < -0.39 is 0 Å². The molecule has 0 saturated carbocycles. The number of benzene rings is 1. The average molecular weight is 250 g/mol. The minimum absolute atomic E-state index is 0.0532. The lowest BCUT2D eigenvalue weighted by Gasteiger charge is -2.11. The van der Waals surface area contributed by atoms with Gasteiger partial charge in [0.1, 0.15) is 6.07 Å². The summed E-state index contributed by atoms with van der Waals surface area (Å²) in [5.41, 5.74) is 7.36. The third-order valence-electron chi connectivity index (χ3n) is 2.35. The summed E-state index contributed by atoms with van der Waals surface area (Å²) in [5.74, 6) is -0.363. The molecule has 90 valence electrons. The predicted octanol–water partition coefficient (Wildman–Crippen LogP) is 1.41. The Morgan fingerprint density at radius 1 is 1.59 bits per heavy atom. The van der Waals surface area contributed by atoms with Crippen LogP contribution in [0.5, 0.6) is 0 Å². The molecule has 0 aliphatic heterocycles. The van der Waals surface area contributed by atoms with E-state index in [0.29, 0.717) is 22.6 Å². The number of nitriles is 1. The molecular weight excluding hydrogens is 236 g/mol. The molecule has 1 rings (SSSR count). The van der Waals surface area contributed by atoms with Gasteiger partial charge in [-0.15, -0.1) is 12.6 Å². The van der Waals surface area contributed by atoms with Gasteiger partial charge in [0.05, 0.1) is 18.6 Å². The van der Waals surface area contributed by atoms with Crippen molar-refractivity contribution in [2.75, 3.05) is 6.61 Å². The Labute approximate surface area is 106 Å². The van der Waals surface area contributed by atoms with Gasteiger partial charge in [0.2, 0.25) is 0 Å². The molecule has 0 fully saturated rings. The third-order valence-corrected chi connectivity index (χ3v) is 2.72. The van der Waals surface area contributed by atoms with Crippen LogP contribution in [0.15, 0.2) is 17.0 Å². The second kappa shape index (κ2) is 6.28. The number of hydrogen-bond donors (Lipinski definition) is 2. The molecule has 0 heterocycles. The Bertz CT molecular complexity index is 466. The van der Waals surface area contributed by atoms with E-state index in [0.717, 1.165) is 5.56 Å². The maximum atomic E-state index is 11.5. The first kappa shape index (κ1) is 13.6. The van der Waals surface area contributed by atoms with Crippen molar-refractivity contribution in [2.45, 2.75) is 24.8 Å². The molecule has 0 unspecified atom stereocenters. The number of ether oxygens (including phenoxy) is 1. The Hall–Kier alpha value is -1.51. The van der Waals surface area contributed by atoms with Crippen LogP contribution in [-0.2, 0) is 22.5 Å². The highest BCUT2D eigenvalue weighted by molar-refractivity contribution is 7.80. The number of hydrogen-bond acceptors (Lipinski definition) is 5. The van der Waals surface area contributed by atoms with Gasteiger partial charge in [-0.1, -0.05) is 6.07 Å². The number of carbonyl (C=O) groups is 1. The van der Waals surface area contributed by atoms with Crippen molar-refractivity contribution in [3.8, 4) is 6.07 Å². The van der Waals surface area contributed by atoms with Crippen molar-refractivity contribution in [3.63, 3.8) is 0 Å². The Morgan fingerprint density at radius 2 is 2.29 bits per heavy atom. The number of thiol groups is 1. The molecule has 0 bridgehead atoms. The van der Waals surface area contributed by atoms with Crippen molar-refractivity contribution >= 4 is 18.6 Å². The summed E-state index contributed by atoms with van der Waals surface area (Å²) >= 11 is 4.19. The zero-order chi connectivity index (χ0) is 12.8. The number of rotatable bonds is 4. The number of esters is 1. The van der Waals surface area contributed by atoms with E-state index in [1.54, 1.807) is 19.1 Å². The Morgan fingerprint density at radius 3 is 2.82 bits per heavy atom. The molecule has 0 saturated heterocycles. The smallest absolute Gasteiger partial charge is 0.310 e. The van der Waals surface area contributed by atoms with E-state index in [4.69, 9.17) is 15.7 Å². The Kier molecular flexibility index (Phi) is 5.01. The van der Waals surface area contributed by atoms with Crippen LogP contribution in [0.25, 0.3) is 0 Å². The third kappa shape index (κ3) is 3.22. The molecule has 0 atom stereocenters. The van der Waals surface area contributed by atoms with Crippen LogP contribution < -0.4 is 5.73 Å². The first-order chi connectivity index (χ1) is 8.13. The zero-order valence-electron chi connectivity index (χ0n) is 9.56. The lowest BCUT2D eigenvalue weighted by molar-refractivity contribution is -0.142. The van der Waals surface area contributed by atoms with Gasteiger partial charge in [-0.05, 0) is 24.1 Å². The van der Waals surface area contributed by atoms with E-state index >= 15 is 0 Å². The fourth-order valence-corrected chi connectivity index (χ4v) is 1.81. The molecule has 0 amide bonds. The van der Waals surface area contributed by atoms with Crippen molar-refractivity contribution < 1.29 is 9.53 Å². The minimum atomic E-state index is -0.363. The molecule has 5 heteroatoms. The largest absolute Gasteiger partial charge is 0.466 e. The lowest BCUT2D eigenvalue weighted by atomic mass is 9.98. The molecule has 0 spiro atoms. The topological polar surface area (TPSA) is 76.1 Å². The maximum absolute atomic E-state index is 11.5. The van der Waals surface area contributed by atoms with Crippen LogP contribution in [0.3, 0.4) is 0 Å². The van der Waals surface area contributed by atoms with Crippen molar-refractivity contribution in [3.05, 3.63) is 28.8 Å². The molecule has 17 heavy (non-hydrogen) atoms. The van der Waals surface area contributed by atoms with Crippen LogP contribution in [0.4, 0.5) is 0 Å². The highest BCUT2D eigenvalue weighted by Crippen LogP contribution is 2.22. The summed E-state index contributed by atoms with van der Waals surface area (Å²) in [5, 5.41) is 9.07. The monoisotopic (exact) mass is 250 g/mol. The molecular formula is C12H14N2O2S. The van der Waals surface area contributed by atoms with E-state index in [1.165, 1.54) is 0 Å². The molecule has 0 aliphatic rings. The van der Waals surface area contributed by atoms with Gasteiger partial charge < -0.3 is 10.5 Å². The molecule has 0 aliphatic carbocycles. The molecule has 1 aromatic carbocycles. The maximum Gasteiger partial charge on any atom is 0.310 e. The SMILES string of the molecule is CCOC(=O)Cc1c(CN)ccc(S)c1C#N. The van der Waals surface area contributed by atoms with Gasteiger partial charge in [-0.25, -0.2) is 0 Å². The van der Waals surface area contributed by atoms with Crippen LogP contribution in [-0.4, -0.2) is 12.6 Å². The molecule has 1 aromatic rings. The summed E-state index contributed by atoms with van der Waals surface area (Å²) < 4.78 is 4.87. The summed E-state index contributed by atoms with van der Waals surface area (Å²) in [6, 6.07) is 5.53.